The highest BCUT2D eigenvalue weighted by molar-refractivity contribution is 5.92. The number of aryl methyl sites for hydroxylation is 1. The molecular formula is C18H26ClNO. The van der Waals surface area contributed by atoms with Crippen LogP contribution in [0.3, 0.4) is 0 Å². The van der Waals surface area contributed by atoms with Gasteiger partial charge in [0.15, 0.2) is 0 Å². The Balaban J connectivity index is 0.00000161. The van der Waals surface area contributed by atoms with E-state index in [1.807, 2.05) is 0 Å². The molecule has 0 saturated heterocycles. The van der Waals surface area contributed by atoms with Gasteiger partial charge in [0, 0.05) is 19.0 Å². The van der Waals surface area contributed by atoms with E-state index in [-0.39, 0.29) is 17.8 Å². The van der Waals surface area contributed by atoms with E-state index in [4.69, 9.17) is 0 Å². The van der Waals surface area contributed by atoms with Crippen LogP contribution in [0.4, 0.5) is 0 Å². The minimum atomic E-state index is -0.327. The Morgan fingerprint density at radius 3 is 2.62 bits per heavy atom. The number of hydrogen-bond donors (Lipinski definition) is 1. The van der Waals surface area contributed by atoms with E-state index in [0.29, 0.717) is 18.2 Å². The second-order valence-corrected chi connectivity index (χ2v) is 6.63. The molecule has 3 rings (SSSR count). The Hall–Kier alpha value is -0.860. The van der Waals surface area contributed by atoms with Crippen molar-refractivity contribution in [2.45, 2.75) is 63.3 Å². The minimum Gasteiger partial charge on any atom is -0.313 e. The Labute approximate surface area is 134 Å². The lowest BCUT2D eigenvalue weighted by Crippen LogP contribution is -2.48. The predicted octanol–water partition coefficient (Wildman–Crippen LogP) is 3.80. The van der Waals surface area contributed by atoms with E-state index >= 15 is 0 Å². The maximum atomic E-state index is 12.5. The van der Waals surface area contributed by atoms with E-state index in [1.165, 1.54) is 43.2 Å². The fourth-order valence-corrected chi connectivity index (χ4v) is 3.80. The van der Waals surface area contributed by atoms with Crippen LogP contribution in [0.25, 0.3) is 0 Å². The number of hydrogen-bond acceptors (Lipinski definition) is 2. The lowest BCUT2D eigenvalue weighted by molar-refractivity contribution is -0.124. The largest absolute Gasteiger partial charge is 0.313 e. The summed E-state index contributed by atoms with van der Waals surface area (Å²) in [5.41, 5.74) is 2.28. The van der Waals surface area contributed by atoms with Crippen LogP contribution < -0.4 is 5.32 Å². The molecule has 1 aromatic rings. The van der Waals surface area contributed by atoms with Crippen molar-refractivity contribution in [1.82, 2.24) is 5.32 Å². The average molecular weight is 308 g/mol. The molecule has 1 saturated carbocycles. The van der Waals surface area contributed by atoms with Crippen molar-refractivity contribution in [2.75, 3.05) is 6.54 Å². The zero-order chi connectivity index (χ0) is 14.0. The van der Waals surface area contributed by atoms with E-state index in [1.54, 1.807) is 0 Å². The fourth-order valence-electron chi connectivity index (χ4n) is 3.80. The number of carbonyl (C=O) groups excluding carboxylic acids is 1. The van der Waals surface area contributed by atoms with Crippen LogP contribution in [0.2, 0.25) is 0 Å². The van der Waals surface area contributed by atoms with Crippen molar-refractivity contribution in [3.8, 4) is 0 Å². The lowest BCUT2D eigenvalue weighted by Gasteiger charge is -2.36. The van der Waals surface area contributed by atoms with Crippen LogP contribution in [0.15, 0.2) is 24.3 Å². The van der Waals surface area contributed by atoms with Crippen LogP contribution in [-0.2, 0) is 16.6 Å². The van der Waals surface area contributed by atoms with Gasteiger partial charge >= 0.3 is 0 Å². The highest BCUT2D eigenvalue weighted by atomic mass is 35.5. The second-order valence-electron chi connectivity index (χ2n) is 6.63. The van der Waals surface area contributed by atoms with Gasteiger partial charge in [0.2, 0.25) is 0 Å². The normalized spacial score (nSPS) is 26.0. The number of fused-ring (bicyclic) bond motifs is 1. The molecule has 2 aliphatic rings. The number of halogens is 1. The molecule has 0 bridgehead atoms. The summed E-state index contributed by atoms with van der Waals surface area (Å²) < 4.78 is 0. The number of Topliss-reactive ketones (excluding diaryl/α,β-unsaturated/α-hetero) is 1. The maximum Gasteiger partial charge on any atom is 0.144 e. The number of carbonyl (C=O) groups is 1. The first-order valence-corrected chi connectivity index (χ1v) is 8.05. The number of ketones is 1. The predicted molar refractivity (Wildman–Crippen MR) is 89.2 cm³/mol. The summed E-state index contributed by atoms with van der Waals surface area (Å²) in [6.45, 7) is 2.93. The number of nitrogens with one attached hydrogen (secondary N) is 1. The Kier molecular flexibility index (Phi) is 5.45. The summed E-state index contributed by atoms with van der Waals surface area (Å²) in [5, 5.41) is 3.68. The first-order chi connectivity index (χ1) is 9.70. The molecule has 21 heavy (non-hydrogen) atoms. The summed E-state index contributed by atoms with van der Waals surface area (Å²) in [6.07, 6.45) is 8.18. The Morgan fingerprint density at radius 1 is 1.14 bits per heavy atom. The first-order valence-electron chi connectivity index (χ1n) is 8.05. The van der Waals surface area contributed by atoms with Crippen molar-refractivity contribution >= 4 is 18.2 Å². The summed E-state index contributed by atoms with van der Waals surface area (Å²) in [5.74, 6) is 0.402. The van der Waals surface area contributed by atoms with Gasteiger partial charge in [-0.2, -0.15) is 0 Å². The quantitative estimate of drug-likeness (QED) is 0.920. The van der Waals surface area contributed by atoms with Gasteiger partial charge in [-0.3, -0.25) is 4.79 Å². The first kappa shape index (κ1) is 16.5. The van der Waals surface area contributed by atoms with Crippen LogP contribution in [0.5, 0.6) is 0 Å². The van der Waals surface area contributed by atoms with Crippen molar-refractivity contribution in [3.63, 3.8) is 0 Å². The van der Waals surface area contributed by atoms with E-state index in [0.717, 1.165) is 13.0 Å². The van der Waals surface area contributed by atoms with Crippen LogP contribution in [0.1, 0.15) is 56.6 Å². The molecule has 0 radical (unpaired) electrons. The zero-order valence-electron chi connectivity index (χ0n) is 12.9. The third-order valence-corrected chi connectivity index (χ3v) is 5.20. The molecule has 2 nitrogen and oxygen atoms in total. The molecule has 3 heteroatoms. The molecule has 1 unspecified atom stereocenters. The van der Waals surface area contributed by atoms with Gasteiger partial charge in [0.05, 0.1) is 5.41 Å². The van der Waals surface area contributed by atoms with Gasteiger partial charge in [-0.25, -0.2) is 0 Å². The molecule has 0 amide bonds. The summed E-state index contributed by atoms with van der Waals surface area (Å²) in [6, 6.07) is 9.10. The third-order valence-electron chi connectivity index (χ3n) is 5.20. The number of rotatable bonds is 3. The minimum absolute atomic E-state index is 0. The smallest absolute Gasteiger partial charge is 0.144 e. The molecule has 0 aromatic heterocycles. The molecule has 0 heterocycles. The summed E-state index contributed by atoms with van der Waals surface area (Å²) in [7, 11) is 0. The maximum absolute atomic E-state index is 12.5. The van der Waals surface area contributed by atoms with Gasteiger partial charge in [0.1, 0.15) is 5.78 Å². The standard InChI is InChI=1S/C18H25NO.ClH/c1-18(13-19-15-8-3-2-4-9-15)16-10-6-5-7-14(16)11-12-17(18)20;/h5-7,10,15,19H,2-4,8-9,11-13H2,1H3;1H. The molecule has 1 fully saturated rings. The topological polar surface area (TPSA) is 29.1 Å². The van der Waals surface area contributed by atoms with Gasteiger partial charge in [0.25, 0.3) is 0 Å². The Morgan fingerprint density at radius 2 is 1.86 bits per heavy atom. The summed E-state index contributed by atoms with van der Waals surface area (Å²) in [4.78, 5) is 12.5. The molecule has 116 valence electrons. The van der Waals surface area contributed by atoms with E-state index in [2.05, 4.69) is 36.5 Å². The van der Waals surface area contributed by atoms with Crippen molar-refractivity contribution in [3.05, 3.63) is 35.4 Å². The molecule has 1 atom stereocenters. The SMILES string of the molecule is CC1(CNC2CCCCC2)C(=O)CCc2ccccc21.Cl. The van der Waals surface area contributed by atoms with Gasteiger partial charge in [-0.05, 0) is 37.3 Å². The van der Waals surface area contributed by atoms with Gasteiger partial charge in [-0.1, -0.05) is 43.5 Å². The average Bonchev–Trinajstić information content (AvgIpc) is 2.51. The van der Waals surface area contributed by atoms with Gasteiger partial charge in [-0.15, -0.1) is 12.4 Å². The molecule has 1 aromatic carbocycles. The highest BCUT2D eigenvalue weighted by Crippen LogP contribution is 2.34. The molecule has 0 spiro atoms. The fraction of sp³-hybridized carbons (Fsp3) is 0.611. The van der Waals surface area contributed by atoms with Crippen molar-refractivity contribution in [2.24, 2.45) is 0 Å². The van der Waals surface area contributed by atoms with Gasteiger partial charge < -0.3 is 5.32 Å². The van der Waals surface area contributed by atoms with Crippen molar-refractivity contribution < 1.29 is 4.79 Å². The van der Waals surface area contributed by atoms with Crippen LogP contribution in [0, 0.1) is 0 Å². The molecule has 0 aliphatic heterocycles. The monoisotopic (exact) mass is 307 g/mol. The van der Waals surface area contributed by atoms with E-state index in [9.17, 15) is 4.79 Å². The highest BCUT2D eigenvalue weighted by Gasteiger charge is 2.39. The van der Waals surface area contributed by atoms with Crippen molar-refractivity contribution in [1.29, 1.82) is 0 Å². The molecule has 2 aliphatic carbocycles. The second kappa shape index (κ2) is 6.93. The summed E-state index contributed by atoms with van der Waals surface area (Å²) >= 11 is 0. The Bertz CT molecular complexity index is 496. The lowest BCUT2D eigenvalue weighted by atomic mass is 9.70. The van der Waals surface area contributed by atoms with E-state index < -0.39 is 0 Å². The third kappa shape index (κ3) is 3.32. The zero-order valence-corrected chi connectivity index (χ0v) is 13.7. The van der Waals surface area contributed by atoms with Crippen LogP contribution in [-0.4, -0.2) is 18.4 Å². The van der Waals surface area contributed by atoms with Crippen LogP contribution >= 0.6 is 12.4 Å². The molecule has 1 N–H and O–H groups in total. The molecular weight excluding hydrogens is 282 g/mol. The number of benzene rings is 1.